The van der Waals surface area contributed by atoms with Crippen molar-refractivity contribution in [1.29, 1.82) is 0 Å². The second kappa shape index (κ2) is 8.58. The van der Waals surface area contributed by atoms with Crippen LogP contribution in [0, 0.1) is 0 Å². The summed E-state index contributed by atoms with van der Waals surface area (Å²) in [5.74, 6) is -0.352. The lowest BCUT2D eigenvalue weighted by molar-refractivity contribution is -0.134. The molecule has 0 spiro atoms. The third-order valence-corrected chi connectivity index (χ3v) is 15.8. The fourth-order valence-corrected chi connectivity index (χ4v) is 5.40. The van der Waals surface area contributed by atoms with Crippen molar-refractivity contribution < 1.29 is 18.4 Å². The fourth-order valence-electron chi connectivity index (χ4n) is 2.74. The minimum atomic E-state index is -1.99. The molecular weight excluding hydrogens is 384 g/mol. The molecule has 0 amide bonds. The Balaban J connectivity index is 3.20. The van der Waals surface area contributed by atoms with Crippen molar-refractivity contribution in [3.63, 3.8) is 0 Å². The third kappa shape index (κ3) is 6.15. The van der Waals surface area contributed by atoms with Crippen molar-refractivity contribution in [3.05, 3.63) is 23.8 Å². The molecule has 1 saturated carbocycles. The smallest absolute Gasteiger partial charge is 0.330 e. The van der Waals surface area contributed by atoms with Crippen molar-refractivity contribution in [2.75, 3.05) is 7.11 Å². The zero-order valence-electron chi connectivity index (χ0n) is 20.0. The Hall–Kier alpha value is -0.696. The van der Waals surface area contributed by atoms with E-state index < -0.39 is 16.6 Å². The van der Waals surface area contributed by atoms with Gasteiger partial charge in [0.05, 0.1) is 19.3 Å². The number of carbonyl (C=O) groups is 1. The zero-order chi connectivity index (χ0) is 22.1. The lowest BCUT2D eigenvalue weighted by Gasteiger charge is -2.45. The van der Waals surface area contributed by atoms with Gasteiger partial charge in [-0.05, 0) is 53.8 Å². The van der Waals surface area contributed by atoms with Crippen LogP contribution in [0.5, 0.6) is 0 Å². The van der Waals surface area contributed by atoms with Crippen LogP contribution in [-0.2, 0) is 18.4 Å². The van der Waals surface area contributed by atoms with E-state index in [0.717, 1.165) is 17.6 Å². The van der Waals surface area contributed by atoms with Gasteiger partial charge in [0.25, 0.3) is 0 Å². The van der Waals surface area contributed by atoms with Crippen LogP contribution < -0.4 is 0 Å². The molecule has 1 aliphatic rings. The molecule has 1 rings (SSSR count). The van der Waals surface area contributed by atoms with E-state index in [4.69, 9.17) is 13.6 Å². The second-order valence-electron chi connectivity index (χ2n) is 11.0. The summed E-state index contributed by atoms with van der Waals surface area (Å²) in [6, 6.07) is 0. The van der Waals surface area contributed by atoms with Gasteiger partial charge in [-0.25, -0.2) is 4.79 Å². The van der Waals surface area contributed by atoms with Gasteiger partial charge in [0, 0.05) is 12.5 Å². The first kappa shape index (κ1) is 25.3. The average Bonchev–Trinajstić information content (AvgIpc) is 2.48. The highest BCUT2D eigenvalue weighted by atomic mass is 28.4. The van der Waals surface area contributed by atoms with Crippen LogP contribution in [0.3, 0.4) is 0 Å². The van der Waals surface area contributed by atoms with Gasteiger partial charge in [-0.2, -0.15) is 0 Å². The first-order valence-electron chi connectivity index (χ1n) is 10.2. The molecule has 0 heterocycles. The first-order chi connectivity index (χ1) is 12.4. The number of ether oxygens (including phenoxy) is 1. The summed E-state index contributed by atoms with van der Waals surface area (Å²) in [4.78, 5) is 11.9. The van der Waals surface area contributed by atoms with Crippen molar-refractivity contribution >= 4 is 22.6 Å². The van der Waals surface area contributed by atoms with Crippen LogP contribution in [0.15, 0.2) is 23.8 Å². The van der Waals surface area contributed by atoms with Crippen LogP contribution in [0.1, 0.15) is 54.4 Å². The standard InChI is InChI=1S/C22H42O4Si2/c1-16-17(14-20(23)24-8)13-18(25-27(9,10)21(2,3)4)15-19(16)26-28(11,12)22(5,6)7/h14,18-19H,1,13,15H2,2-12H3/b17-14-/t18-,19+/m0/s1. The topological polar surface area (TPSA) is 44.8 Å². The van der Waals surface area contributed by atoms with Crippen molar-refractivity contribution in [2.45, 2.75) is 103 Å². The van der Waals surface area contributed by atoms with Crippen molar-refractivity contribution in [2.24, 2.45) is 0 Å². The summed E-state index contributed by atoms with van der Waals surface area (Å²) < 4.78 is 18.3. The maximum absolute atomic E-state index is 11.9. The molecule has 1 fully saturated rings. The molecule has 1 aliphatic carbocycles. The fraction of sp³-hybridized carbons (Fsp3) is 0.773. The molecule has 0 unspecified atom stereocenters. The van der Waals surface area contributed by atoms with E-state index in [-0.39, 0.29) is 28.3 Å². The summed E-state index contributed by atoms with van der Waals surface area (Å²) in [6.45, 7) is 26.8. The number of methoxy groups -OCH3 is 1. The van der Waals surface area contributed by atoms with Gasteiger partial charge in [-0.1, -0.05) is 48.1 Å². The number of carbonyl (C=O) groups excluding carboxylic acids is 1. The molecule has 0 radical (unpaired) electrons. The van der Waals surface area contributed by atoms with Crippen molar-refractivity contribution in [3.8, 4) is 0 Å². The average molecular weight is 427 g/mol. The minimum Gasteiger partial charge on any atom is -0.466 e. The second-order valence-corrected chi connectivity index (χ2v) is 20.5. The monoisotopic (exact) mass is 426 g/mol. The van der Waals surface area contributed by atoms with E-state index in [1.54, 1.807) is 6.08 Å². The molecule has 2 atom stereocenters. The molecule has 0 aliphatic heterocycles. The quantitative estimate of drug-likeness (QED) is 0.297. The molecule has 0 N–H and O–H groups in total. The summed E-state index contributed by atoms with van der Waals surface area (Å²) in [5.41, 5.74) is 1.79. The lowest BCUT2D eigenvalue weighted by atomic mass is 9.86. The van der Waals surface area contributed by atoms with Gasteiger partial charge in [-0.3, -0.25) is 0 Å². The van der Waals surface area contributed by atoms with E-state index in [2.05, 4.69) is 74.3 Å². The Morgan fingerprint density at radius 3 is 1.89 bits per heavy atom. The highest BCUT2D eigenvalue weighted by Gasteiger charge is 2.44. The molecule has 6 heteroatoms. The summed E-state index contributed by atoms with van der Waals surface area (Å²) in [7, 11) is -2.52. The Morgan fingerprint density at radius 1 is 1.00 bits per heavy atom. The molecule has 0 aromatic carbocycles. The van der Waals surface area contributed by atoms with Gasteiger partial charge in [-0.15, -0.1) is 0 Å². The predicted molar refractivity (Wildman–Crippen MR) is 123 cm³/mol. The highest BCUT2D eigenvalue weighted by Crippen LogP contribution is 2.44. The van der Waals surface area contributed by atoms with Gasteiger partial charge in [0.1, 0.15) is 0 Å². The molecule has 0 aromatic heterocycles. The predicted octanol–water partition coefficient (Wildman–Crippen LogP) is 6.22. The van der Waals surface area contributed by atoms with Crippen LogP contribution in [0.25, 0.3) is 0 Å². The Bertz CT molecular complexity index is 621. The van der Waals surface area contributed by atoms with E-state index >= 15 is 0 Å². The Morgan fingerprint density at radius 2 is 1.46 bits per heavy atom. The molecule has 0 aromatic rings. The molecule has 0 bridgehead atoms. The number of hydrogen-bond donors (Lipinski definition) is 0. The molecule has 162 valence electrons. The Labute approximate surface area is 175 Å². The SMILES string of the molecule is C=C1/C(=C\C(=O)OC)C[C@H](O[Si](C)(C)C(C)(C)C)C[C@H]1O[Si](C)(C)C(C)(C)C. The molecule has 4 nitrogen and oxygen atoms in total. The van der Waals surface area contributed by atoms with E-state index in [0.29, 0.717) is 6.42 Å². The summed E-state index contributed by atoms with van der Waals surface area (Å²) in [6.07, 6.45) is 2.93. The highest BCUT2D eigenvalue weighted by molar-refractivity contribution is 6.74. The maximum Gasteiger partial charge on any atom is 0.330 e. The number of rotatable bonds is 5. The van der Waals surface area contributed by atoms with Crippen LogP contribution in [0.2, 0.25) is 36.3 Å². The van der Waals surface area contributed by atoms with Crippen LogP contribution >= 0.6 is 0 Å². The van der Waals surface area contributed by atoms with Crippen LogP contribution in [0.4, 0.5) is 0 Å². The van der Waals surface area contributed by atoms with E-state index in [1.807, 2.05) is 0 Å². The number of hydrogen-bond acceptors (Lipinski definition) is 4. The van der Waals surface area contributed by atoms with E-state index in [9.17, 15) is 4.79 Å². The minimum absolute atomic E-state index is 0.0251. The Kier molecular flexibility index (Phi) is 7.77. The molecule has 28 heavy (non-hydrogen) atoms. The number of esters is 1. The van der Waals surface area contributed by atoms with Gasteiger partial charge in [0.2, 0.25) is 0 Å². The van der Waals surface area contributed by atoms with Gasteiger partial charge < -0.3 is 13.6 Å². The van der Waals surface area contributed by atoms with Gasteiger partial charge in [0.15, 0.2) is 16.6 Å². The molecule has 0 saturated heterocycles. The van der Waals surface area contributed by atoms with Crippen LogP contribution in [-0.4, -0.2) is 41.9 Å². The zero-order valence-corrected chi connectivity index (χ0v) is 22.0. The maximum atomic E-state index is 11.9. The molecular formula is C22H42O4Si2. The summed E-state index contributed by atoms with van der Waals surface area (Å²) in [5, 5.41) is 0.232. The van der Waals surface area contributed by atoms with Crippen molar-refractivity contribution in [1.82, 2.24) is 0 Å². The largest absolute Gasteiger partial charge is 0.466 e. The lowest BCUT2D eigenvalue weighted by Crippen LogP contribution is -2.49. The van der Waals surface area contributed by atoms with E-state index in [1.165, 1.54) is 7.11 Å². The van der Waals surface area contributed by atoms with Gasteiger partial charge >= 0.3 is 5.97 Å². The normalized spacial score (nSPS) is 23.8. The summed E-state index contributed by atoms with van der Waals surface area (Å²) >= 11 is 0. The third-order valence-electron chi connectivity index (χ3n) is 6.73. The first-order valence-corrected chi connectivity index (χ1v) is 16.1.